The molecule has 0 atom stereocenters. The summed E-state index contributed by atoms with van der Waals surface area (Å²) < 4.78 is 11.3. The Morgan fingerprint density at radius 3 is 2.00 bits per heavy atom. The van der Waals surface area contributed by atoms with Crippen molar-refractivity contribution in [3.8, 4) is 11.5 Å². The highest BCUT2D eigenvalue weighted by molar-refractivity contribution is 5.94. The number of nitrogens with zero attached hydrogens (tertiary/aromatic N) is 2. The molecule has 184 valence electrons. The molecule has 0 bridgehead atoms. The van der Waals surface area contributed by atoms with Crippen LogP contribution >= 0.6 is 0 Å². The first kappa shape index (κ1) is 24.8. The first-order chi connectivity index (χ1) is 17.2. The minimum Gasteiger partial charge on any atom is -0.494 e. The lowest BCUT2D eigenvalue weighted by Gasteiger charge is -2.39. The number of amides is 1. The van der Waals surface area contributed by atoms with Crippen molar-refractivity contribution in [1.29, 1.82) is 0 Å². The Bertz CT molecular complexity index is 1030. The molecule has 4 rings (SSSR count). The molecule has 3 aromatic rings. The highest BCUT2D eigenvalue weighted by atomic mass is 16.5. The van der Waals surface area contributed by atoms with Gasteiger partial charge in [0.05, 0.1) is 31.5 Å². The van der Waals surface area contributed by atoms with Crippen LogP contribution < -0.4 is 14.8 Å². The van der Waals surface area contributed by atoms with E-state index in [0.29, 0.717) is 36.9 Å². The molecule has 1 aliphatic heterocycles. The fourth-order valence-electron chi connectivity index (χ4n) is 4.60. The fourth-order valence-corrected chi connectivity index (χ4v) is 4.60. The van der Waals surface area contributed by atoms with Crippen LogP contribution in [0.2, 0.25) is 0 Å². The van der Waals surface area contributed by atoms with Crippen molar-refractivity contribution in [1.82, 2.24) is 9.80 Å². The van der Waals surface area contributed by atoms with Crippen LogP contribution in [0.25, 0.3) is 0 Å². The van der Waals surface area contributed by atoms with Crippen molar-refractivity contribution in [2.45, 2.75) is 19.9 Å². The third-order valence-corrected chi connectivity index (χ3v) is 6.21. The maximum absolute atomic E-state index is 12.9. The fraction of sp³-hybridized carbons (Fsp3) is 0.345. The van der Waals surface area contributed by atoms with Gasteiger partial charge in [-0.05, 0) is 37.1 Å². The topological polar surface area (TPSA) is 54.0 Å². The number of hydrogen-bond donors (Lipinski definition) is 1. The highest BCUT2D eigenvalue weighted by Gasteiger charge is 2.27. The van der Waals surface area contributed by atoms with Crippen molar-refractivity contribution in [2.24, 2.45) is 0 Å². The Labute approximate surface area is 208 Å². The smallest absolute Gasteiger partial charge is 0.238 e. The van der Waals surface area contributed by atoms with Crippen molar-refractivity contribution >= 4 is 11.6 Å². The molecular formula is C29H35N3O3. The van der Waals surface area contributed by atoms with Gasteiger partial charge in [0.15, 0.2) is 0 Å². The summed E-state index contributed by atoms with van der Waals surface area (Å²) in [6, 6.07) is 27.1. The number of piperazine rings is 1. The van der Waals surface area contributed by atoms with E-state index in [1.165, 1.54) is 11.1 Å². The van der Waals surface area contributed by atoms with E-state index in [1.54, 1.807) is 0 Å². The van der Waals surface area contributed by atoms with Gasteiger partial charge in [-0.25, -0.2) is 0 Å². The van der Waals surface area contributed by atoms with Gasteiger partial charge in [-0.1, -0.05) is 60.7 Å². The zero-order valence-corrected chi connectivity index (χ0v) is 20.7. The van der Waals surface area contributed by atoms with Gasteiger partial charge in [-0.15, -0.1) is 0 Å². The van der Waals surface area contributed by atoms with Crippen molar-refractivity contribution in [3.05, 3.63) is 90.0 Å². The molecule has 1 N–H and O–H groups in total. The van der Waals surface area contributed by atoms with Gasteiger partial charge in [0.2, 0.25) is 5.91 Å². The summed E-state index contributed by atoms with van der Waals surface area (Å²) in [5, 5.41) is 3.03. The SMILES string of the molecule is CCOc1ccc(OCC)c(NC(=O)CN2CCN(C(c3ccccc3)c3ccccc3)CC2)c1. The molecule has 0 radical (unpaired) electrons. The second kappa shape index (κ2) is 12.4. The van der Waals surface area contributed by atoms with E-state index in [0.717, 1.165) is 26.2 Å². The summed E-state index contributed by atoms with van der Waals surface area (Å²) >= 11 is 0. The van der Waals surface area contributed by atoms with Crippen LogP contribution in [0.4, 0.5) is 5.69 Å². The molecule has 0 saturated carbocycles. The molecule has 0 spiro atoms. The lowest BCUT2D eigenvalue weighted by Crippen LogP contribution is -2.49. The van der Waals surface area contributed by atoms with Crippen molar-refractivity contribution in [2.75, 3.05) is 51.3 Å². The van der Waals surface area contributed by atoms with E-state index in [2.05, 4.69) is 75.8 Å². The Hall–Kier alpha value is -3.35. The molecule has 0 unspecified atom stereocenters. The van der Waals surface area contributed by atoms with Gasteiger partial charge < -0.3 is 14.8 Å². The van der Waals surface area contributed by atoms with Crippen LogP contribution in [-0.4, -0.2) is 61.6 Å². The molecule has 1 amide bonds. The quantitative estimate of drug-likeness (QED) is 0.457. The summed E-state index contributed by atoms with van der Waals surface area (Å²) in [6.45, 7) is 8.77. The monoisotopic (exact) mass is 473 g/mol. The predicted octanol–water partition coefficient (Wildman–Crippen LogP) is 4.83. The van der Waals surface area contributed by atoms with E-state index >= 15 is 0 Å². The maximum Gasteiger partial charge on any atom is 0.238 e. The molecule has 3 aromatic carbocycles. The van der Waals surface area contributed by atoms with E-state index < -0.39 is 0 Å². The summed E-state index contributed by atoms with van der Waals surface area (Å²) in [4.78, 5) is 17.6. The van der Waals surface area contributed by atoms with Gasteiger partial charge in [0.25, 0.3) is 0 Å². The van der Waals surface area contributed by atoms with Gasteiger partial charge in [-0.3, -0.25) is 14.6 Å². The molecule has 1 saturated heterocycles. The Balaban J connectivity index is 1.38. The number of carbonyl (C=O) groups is 1. The number of hydrogen-bond acceptors (Lipinski definition) is 5. The lowest BCUT2D eigenvalue weighted by molar-refractivity contribution is -0.117. The number of benzene rings is 3. The average molecular weight is 474 g/mol. The van der Waals surface area contributed by atoms with Gasteiger partial charge in [0, 0.05) is 32.2 Å². The molecular weight excluding hydrogens is 438 g/mol. The molecule has 1 heterocycles. The highest BCUT2D eigenvalue weighted by Crippen LogP contribution is 2.31. The van der Waals surface area contributed by atoms with Gasteiger partial charge >= 0.3 is 0 Å². The van der Waals surface area contributed by atoms with E-state index in [4.69, 9.17) is 9.47 Å². The predicted molar refractivity (Wildman–Crippen MR) is 140 cm³/mol. The number of rotatable bonds is 10. The second-order valence-electron chi connectivity index (χ2n) is 8.61. The van der Waals surface area contributed by atoms with Crippen molar-refractivity contribution < 1.29 is 14.3 Å². The van der Waals surface area contributed by atoms with Crippen LogP contribution in [0.1, 0.15) is 31.0 Å². The standard InChI is InChI=1S/C29H35N3O3/c1-3-34-25-15-16-27(35-4-2)26(21-25)30-28(33)22-31-17-19-32(20-18-31)29(23-11-7-5-8-12-23)24-13-9-6-10-14-24/h5-16,21,29H,3-4,17-20,22H2,1-2H3,(H,30,33). The summed E-state index contributed by atoms with van der Waals surface area (Å²) in [7, 11) is 0. The number of anilines is 1. The molecule has 6 heteroatoms. The molecule has 1 aliphatic rings. The van der Waals surface area contributed by atoms with Gasteiger partial charge in [-0.2, -0.15) is 0 Å². The number of carbonyl (C=O) groups excluding carboxylic acids is 1. The van der Waals surface area contributed by atoms with E-state index in [1.807, 2.05) is 32.0 Å². The van der Waals surface area contributed by atoms with Crippen LogP contribution in [0.5, 0.6) is 11.5 Å². The Morgan fingerprint density at radius 2 is 1.43 bits per heavy atom. The maximum atomic E-state index is 12.9. The largest absolute Gasteiger partial charge is 0.494 e. The minimum atomic E-state index is -0.0456. The zero-order chi connectivity index (χ0) is 24.5. The van der Waals surface area contributed by atoms with Crippen molar-refractivity contribution in [3.63, 3.8) is 0 Å². The molecule has 0 aromatic heterocycles. The Kier molecular flexibility index (Phi) is 8.76. The normalized spacial score (nSPS) is 14.6. The van der Waals surface area contributed by atoms with Crippen LogP contribution in [0, 0.1) is 0 Å². The molecule has 35 heavy (non-hydrogen) atoms. The first-order valence-corrected chi connectivity index (χ1v) is 12.4. The number of nitrogens with one attached hydrogen (secondary N) is 1. The van der Waals surface area contributed by atoms with Gasteiger partial charge in [0.1, 0.15) is 11.5 Å². The van der Waals surface area contributed by atoms with Crippen LogP contribution in [0.15, 0.2) is 78.9 Å². The third-order valence-electron chi connectivity index (χ3n) is 6.21. The van der Waals surface area contributed by atoms with Crippen LogP contribution in [-0.2, 0) is 4.79 Å². The molecule has 6 nitrogen and oxygen atoms in total. The van der Waals surface area contributed by atoms with E-state index in [9.17, 15) is 4.79 Å². The second-order valence-corrected chi connectivity index (χ2v) is 8.61. The van der Waals surface area contributed by atoms with E-state index in [-0.39, 0.29) is 11.9 Å². The first-order valence-electron chi connectivity index (χ1n) is 12.4. The molecule has 1 fully saturated rings. The molecule has 0 aliphatic carbocycles. The third kappa shape index (κ3) is 6.62. The lowest BCUT2D eigenvalue weighted by atomic mass is 9.96. The number of ether oxygens (including phenoxy) is 2. The Morgan fingerprint density at radius 1 is 0.829 bits per heavy atom. The zero-order valence-electron chi connectivity index (χ0n) is 20.7. The van der Waals surface area contributed by atoms with Crippen LogP contribution in [0.3, 0.4) is 0 Å². The summed E-state index contributed by atoms with van der Waals surface area (Å²) in [5.41, 5.74) is 3.24. The average Bonchev–Trinajstić information content (AvgIpc) is 2.88. The summed E-state index contributed by atoms with van der Waals surface area (Å²) in [5.74, 6) is 1.33. The minimum absolute atomic E-state index is 0.0456. The summed E-state index contributed by atoms with van der Waals surface area (Å²) in [6.07, 6.45) is 0.